The average Bonchev–Trinajstić information content (AvgIpc) is 2.75. The maximum absolute atomic E-state index is 15.1. The summed E-state index contributed by atoms with van der Waals surface area (Å²) in [5.74, 6) is -2.40. The standard InChI is InChI=1S/C21H21F2N5O3/c1-12-20(28(14-3-2-4-24-9-14)17-11-31-6-5-25-17)19-15(23)7-13(22)8-16(19)27-21(12)26-10-18(29)30/h2-4,7-9,17,25H,5-6,10-11H2,1H3,(H,26,27)(H,29,30). The number of nitrogens with zero attached hydrogens (tertiary/aromatic N) is 3. The van der Waals surface area contributed by atoms with Gasteiger partial charge in [-0.05, 0) is 19.1 Å². The van der Waals surface area contributed by atoms with Gasteiger partial charge in [0.15, 0.2) is 0 Å². The summed E-state index contributed by atoms with van der Waals surface area (Å²) in [7, 11) is 0. The highest BCUT2D eigenvalue weighted by atomic mass is 19.1. The van der Waals surface area contributed by atoms with Crippen molar-refractivity contribution in [3.63, 3.8) is 0 Å². The fourth-order valence-corrected chi connectivity index (χ4v) is 3.70. The summed E-state index contributed by atoms with van der Waals surface area (Å²) in [6.45, 7) is 2.76. The molecule has 1 fully saturated rings. The lowest BCUT2D eigenvalue weighted by Crippen LogP contribution is -2.51. The Kier molecular flexibility index (Phi) is 5.92. The molecule has 10 heteroatoms. The number of aliphatic carboxylic acids is 1. The predicted octanol–water partition coefficient (Wildman–Crippen LogP) is 2.80. The van der Waals surface area contributed by atoms with E-state index in [-0.39, 0.29) is 22.9 Å². The van der Waals surface area contributed by atoms with Crippen molar-refractivity contribution in [2.45, 2.75) is 13.1 Å². The van der Waals surface area contributed by atoms with E-state index >= 15 is 4.39 Å². The molecular formula is C21H21F2N5O3. The number of fused-ring (bicyclic) bond motifs is 1. The number of hydrogen-bond acceptors (Lipinski definition) is 7. The van der Waals surface area contributed by atoms with Crippen LogP contribution >= 0.6 is 0 Å². The third kappa shape index (κ3) is 4.25. The number of nitrogens with one attached hydrogen (secondary N) is 2. The first-order valence-electron chi connectivity index (χ1n) is 9.71. The van der Waals surface area contributed by atoms with Gasteiger partial charge in [-0.15, -0.1) is 0 Å². The number of carboxylic acids is 1. The number of halogens is 2. The number of rotatable bonds is 6. The number of ether oxygens (including phenoxy) is 1. The van der Waals surface area contributed by atoms with Crippen molar-refractivity contribution in [2.75, 3.05) is 36.5 Å². The van der Waals surface area contributed by atoms with Gasteiger partial charge in [0.2, 0.25) is 0 Å². The lowest BCUT2D eigenvalue weighted by atomic mass is 10.1. The van der Waals surface area contributed by atoms with Crippen LogP contribution in [0.3, 0.4) is 0 Å². The summed E-state index contributed by atoms with van der Waals surface area (Å²) in [4.78, 5) is 21.4. The molecule has 162 valence electrons. The lowest BCUT2D eigenvalue weighted by molar-refractivity contribution is -0.134. The highest BCUT2D eigenvalue weighted by molar-refractivity contribution is 5.98. The fraction of sp³-hybridized carbons (Fsp3) is 0.286. The summed E-state index contributed by atoms with van der Waals surface area (Å²) >= 11 is 0. The summed E-state index contributed by atoms with van der Waals surface area (Å²) in [5.41, 5.74) is 1.66. The molecule has 0 aliphatic carbocycles. The van der Waals surface area contributed by atoms with Crippen molar-refractivity contribution in [1.29, 1.82) is 0 Å². The van der Waals surface area contributed by atoms with Crippen LogP contribution in [0, 0.1) is 18.6 Å². The zero-order valence-corrected chi connectivity index (χ0v) is 16.7. The van der Waals surface area contributed by atoms with Crippen LogP contribution in [0.4, 0.5) is 26.0 Å². The minimum atomic E-state index is -1.08. The molecule has 1 aliphatic heterocycles. The second kappa shape index (κ2) is 8.78. The molecule has 1 atom stereocenters. The molecule has 1 saturated heterocycles. The number of morpholine rings is 1. The van der Waals surface area contributed by atoms with Gasteiger partial charge in [0.05, 0.1) is 41.7 Å². The molecule has 4 rings (SSSR count). The molecular weight excluding hydrogens is 408 g/mol. The number of aromatic nitrogens is 2. The van der Waals surface area contributed by atoms with Gasteiger partial charge in [-0.3, -0.25) is 15.1 Å². The molecule has 2 aromatic heterocycles. The molecule has 0 saturated carbocycles. The Hall–Kier alpha value is -3.37. The Balaban J connectivity index is 1.99. The lowest BCUT2D eigenvalue weighted by Gasteiger charge is -2.38. The Bertz CT molecular complexity index is 1110. The van der Waals surface area contributed by atoms with Crippen molar-refractivity contribution >= 4 is 34.1 Å². The Morgan fingerprint density at radius 2 is 2.26 bits per heavy atom. The minimum absolute atomic E-state index is 0.0663. The molecule has 0 bridgehead atoms. The zero-order valence-electron chi connectivity index (χ0n) is 16.7. The molecule has 31 heavy (non-hydrogen) atoms. The van der Waals surface area contributed by atoms with Gasteiger partial charge < -0.3 is 20.1 Å². The second-order valence-electron chi connectivity index (χ2n) is 7.09. The highest BCUT2D eigenvalue weighted by Gasteiger charge is 2.29. The maximum atomic E-state index is 15.1. The Morgan fingerprint density at radius 3 is 2.94 bits per heavy atom. The average molecular weight is 429 g/mol. The van der Waals surface area contributed by atoms with E-state index in [9.17, 15) is 9.18 Å². The van der Waals surface area contributed by atoms with E-state index in [4.69, 9.17) is 9.84 Å². The molecule has 3 N–H and O–H groups in total. The quantitative estimate of drug-likeness (QED) is 0.550. The van der Waals surface area contributed by atoms with E-state index in [0.29, 0.717) is 36.7 Å². The van der Waals surface area contributed by atoms with Crippen molar-refractivity contribution in [3.8, 4) is 0 Å². The molecule has 0 amide bonds. The summed E-state index contributed by atoms with van der Waals surface area (Å²) in [5, 5.41) is 15.3. The van der Waals surface area contributed by atoms with E-state index in [0.717, 1.165) is 12.1 Å². The molecule has 1 unspecified atom stereocenters. The molecule has 8 nitrogen and oxygen atoms in total. The van der Waals surface area contributed by atoms with E-state index in [1.807, 2.05) is 11.0 Å². The van der Waals surface area contributed by atoms with Crippen LogP contribution in [0.15, 0.2) is 36.7 Å². The van der Waals surface area contributed by atoms with Crippen LogP contribution in [0.5, 0.6) is 0 Å². The predicted molar refractivity (Wildman–Crippen MR) is 112 cm³/mol. The number of anilines is 3. The summed E-state index contributed by atoms with van der Waals surface area (Å²) in [6.07, 6.45) is 2.90. The number of carboxylic acid groups (broad SMARTS) is 1. The summed E-state index contributed by atoms with van der Waals surface area (Å²) < 4.78 is 34.7. The first-order valence-corrected chi connectivity index (χ1v) is 9.71. The van der Waals surface area contributed by atoms with Crippen LogP contribution in [-0.2, 0) is 9.53 Å². The van der Waals surface area contributed by atoms with Crippen LogP contribution in [0.25, 0.3) is 10.9 Å². The van der Waals surface area contributed by atoms with Gasteiger partial charge in [-0.25, -0.2) is 13.8 Å². The molecule has 0 radical (unpaired) electrons. The van der Waals surface area contributed by atoms with Crippen LogP contribution in [0.2, 0.25) is 0 Å². The number of benzene rings is 1. The first kappa shape index (κ1) is 20.9. The molecule has 0 spiro atoms. The van der Waals surface area contributed by atoms with Gasteiger partial charge >= 0.3 is 5.97 Å². The SMILES string of the molecule is Cc1c(NCC(=O)O)nc2cc(F)cc(F)c2c1N(c1cccnc1)C1COCCN1. The largest absolute Gasteiger partial charge is 0.480 e. The normalized spacial score (nSPS) is 16.3. The topological polar surface area (TPSA) is 99.6 Å². The van der Waals surface area contributed by atoms with Gasteiger partial charge in [-0.1, -0.05) is 0 Å². The first-order chi connectivity index (χ1) is 15.0. The monoisotopic (exact) mass is 429 g/mol. The number of hydrogen-bond donors (Lipinski definition) is 3. The molecule has 3 aromatic rings. The van der Waals surface area contributed by atoms with Gasteiger partial charge in [-0.2, -0.15) is 0 Å². The van der Waals surface area contributed by atoms with Gasteiger partial charge in [0.1, 0.15) is 30.2 Å². The molecule has 1 aromatic carbocycles. The Labute approximate surface area is 176 Å². The van der Waals surface area contributed by atoms with Crippen molar-refractivity contribution < 1.29 is 23.4 Å². The fourth-order valence-electron chi connectivity index (χ4n) is 3.70. The van der Waals surface area contributed by atoms with E-state index in [1.54, 1.807) is 25.4 Å². The van der Waals surface area contributed by atoms with Crippen molar-refractivity contribution in [1.82, 2.24) is 15.3 Å². The van der Waals surface area contributed by atoms with E-state index < -0.39 is 24.1 Å². The smallest absolute Gasteiger partial charge is 0.322 e. The van der Waals surface area contributed by atoms with E-state index in [1.165, 1.54) is 0 Å². The van der Waals surface area contributed by atoms with Crippen LogP contribution < -0.4 is 15.5 Å². The Morgan fingerprint density at radius 1 is 1.42 bits per heavy atom. The molecule has 1 aliphatic rings. The van der Waals surface area contributed by atoms with Crippen molar-refractivity contribution in [2.24, 2.45) is 0 Å². The molecule has 3 heterocycles. The van der Waals surface area contributed by atoms with Crippen LogP contribution in [-0.4, -0.2) is 53.5 Å². The third-order valence-electron chi connectivity index (χ3n) is 5.00. The third-order valence-corrected chi connectivity index (χ3v) is 5.00. The number of pyridine rings is 2. The van der Waals surface area contributed by atoms with Gasteiger partial charge in [0.25, 0.3) is 0 Å². The maximum Gasteiger partial charge on any atom is 0.322 e. The van der Waals surface area contributed by atoms with Crippen LogP contribution in [0.1, 0.15) is 5.56 Å². The second-order valence-corrected chi connectivity index (χ2v) is 7.09. The minimum Gasteiger partial charge on any atom is -0.480 e. The van der Waals surface area contributed by atoms with E-state index in [2.05, 4.69) is 20.6 Å². The highest BCUT2D eigenvalue weighted by Crippen LogP contribution is 2.40. The van der Waals surface area contributed by atoms with Gasteiger partial charge in [0, 0.05) is 30.4 Å². The zero-order chi connectivity index (χ0) is 22.0. The van der Waals surface area contributed by atoms with Crippen molar-refractivity contribution in [3.05, 3.63) is 53.9 Å². The number of carbonyl (C=O) groups is 1. The summed E-state index contributed by atoms with van der Waals surface area (Å²) in [6, 6.07) is 5.51.